The summed E-state index contributed by atoms with van der Waals surface area (Å²) in [6.45, 7) is 5.96. The Morgan fingerprint density at radius 2 is 1.96 bits per heavy atom. The number of para-hydroxylation sites is 1. The molecule has 126 valence electrons. The first kappa shape index (κ1) is 15.4. The number of hydrogen-bond acceptors (Lipinski definition) is 3. The van der Waals surface area contributed by atoms with Gasteiger partial charge in [0.2, 0.25) is 5.91 Å². The normalized spacial score (nSPS) is 21.1. The maximum absolute atomic E-state index is 12.7. The molecule has 1 aliphatic heterocycles. The monoisotopic (exact) mass is 325 g/mol. The highest BCUT2D eigenvalue weighted by atomic mass is 16.5. The molecule has 24 heavy (non-hydrogen) atoms. The number of carbonyl (C=O) groups excluding carboxylic acids is 1. The van der Waals surface area contributed by atoms with Crippen molar-refractivity contribution in [2.45, 2.75) is 32.7 Å². The van der Waals surface area contributed by atoms with E-state index >= 15 is 0 Å². The number of carbonyl (C=O) groups is 1. The van der Waals surface area contributed by atoms with Crippen molar-refractivity contribution in [1.29, 1.82) is 0 Å². The summed E-state index contributed by atoms with van der Waals surface area (Å²) in [5.41, 5.74) is 4.23. The van der Waals surface area contributed by atoms with Crippen LogP contribution in [0.15, 0.2) is 30.3 Å². The van der Waals surface area contributed by atoms with Crippen molar-refractivity contribution in [3.63, 3.8) is 0 Å². The molecule has 0 N–H and O–H groups in total. The third kappa shape index (κ3) is 2.63. The molecular formula is C19H23N3O2. The fraction of sp³-hybridized carbons (Fsp3) is 0.474. The van der Waals surface area contributed by atoms with Crippen LogP contribution in [0.3, 0.4) is 0 Å². The average molecular weight is 325 g/mol. The second kappa shape index (κ2) is 6.06. The van der Waals surface area contributed by atoms with Crippen molar-refractivity contribution in [3.8, 4) is 5.69 Å². The molecule has 1 aromatic heterocycles. The molecule has 1 saturated carbocycles. The topological polar surface area (TPSA) is 47.4 Å². The summed E-state index contributed by atoms with van der Waals surface area (Å²) in [6, 6.07) is 10.1. The number of hydrogen-bond donors (Lipinski definition) is 0. The van der Waals surface area contributed by atoms with Gasteiger partial charge in [0, 0.05) is 23.7 Å². The number of aryl methyl sites for hydroxylation is 1. The van der Waals surface area contributed by atoms with Gasteiger partial charge >= 0.3 is 0 Å². The Bertz CT molecular complexity index is 749. The summed E-state index contributed by atoms with van der Waals surface area (Å²) in [5, 5.41) is 4.73. The number of benzene rings is 1. The molecule has 1 aliphatic carbocycles. The maximum Gasteiger partial charge on any atom is 0.226 e. The molecule has 0 radical (unpaired) electrons. The third-order valence-electron chi connectivity index (χ3n) is 5.02. The molecule has 5 heteroatoms. The van der Waals surface area contributed by atoms with Gasteiger partial charge in [-0.25, -0.2) is 4.68 Å². The van der Waals surface area contributed by atoms with Crippen molar-refractivity contribution in [1.82, 2.24) is 14.7 Å². The molecule has 1 aromatic carbocycles. The fourth-order valence-corrected chi connectivity index (χ4v) is 3.63. The highest BCUT2D eigenvalue weighted by molar-refractivity contribution is 5.81. The highest BCUT2D eigenvalue weighted by Crippen LogP contribution is 2.37. The van der Waals surface area contributed by atoms with E-state index < -0.39 is 0 Å². The summed E-state index contributed by atoms with van der Waals surface area (Å²) in [4.78, 5) is 14.7. The Morgan fingerprint density at radius 3 is 2.67 bits per heavy atom. The predicted octanol–water partition coefficient (Wildman–Crippen LogP) is 2.80. The van der Waals surface area contributed by atoms with E-state index in [1.54, 1.807) is 0 Å². The predicted molar refractivity (Wildman–Crippen MR) is 91.0 cm³/mol. The summed E-state index contributed by atoms with van der Waals surface area (Å²) < 4.78 is 7.68. The van der Waals surface area contributed by atoms with Crippen LogP contribution < -0.4 is 0 Å². The molecule has 2 aliphatic rings. The SMILES string of the molecule is Cc1nn(-c2ccccc2)c(C)c1[C@@H]1COCCN1C(=O)C1CC1. The minimum absolute atomic E-state index is 0.0238. The highest BCUT2D eigenvalue weighted by Gasteiger charge is 2.39. The van der Waals surface area contributed by atoms with Gasteiger partial charge in [-0.2, -0.15) is 5.10 Å². The first-order valence-electron chi connectivity index (χ1n) is 8.66. The molecule has 5 nitrogen and oxygen atoms in total. The second-order valence-electron chi connectivity index (χ2n) is 6.73. The van der Waals surface area contributed by atoms with Crippen LogP contribution >= 0.6 is 0 Å². The van der Waals surface area contributed by atoms with Gasteiger partial charge in [-0.1, -0.05) is 18.2 Å². The minimum atomic E-state index is -0.0238. The Morgan fingerprint density at radius 1 is 1.21 bits per heavy atom. The van der Waals surface area contributed by atoms with Crippen LogP contribution in [0.1, 0.15) is 35.8 Å². The van der Waals surface area contributed by atoms with E-state index in [0.29, 0.717) is 19.8 Å². The Labute approximate surface area is 142 Å². The van der Waals surface area contributed by atoms with Crippen molar-refractivity contribution < 1.29 is 9.53 Å². The van der Waals surface area contributed by atoms with Crippen LogP contribution in [0, 0.1) is 19.8 Å². The average Bonchev–Trinajstić information content (AvgIpc) is 3.41. The van der Waals surface area contributed by atoms with Gasteiger partial charge in [0.15, 0.2) is 0 Å². The molecule has 2 heterocycles. The molecule has 1 saturated heterocycles. The Balaban J connectivity index is 1.72. The molecule has 0 bridgehead atoms. The number of aromatic nitrogens is 2. The number of morpholine rings is 1. The smallest absolute Gasteiger partial charge is 0.226 e. The van der Waals surface area contributed by atoms with Gasteiger partial charge in [-0.3, -0.25) is 4.79 Å². The van der Waals surface area contributed by atoms with Crippen molar-refractivity contribution in [3.05, 3.63) is 47.3 Å². The van der Waals surface area contributed by atoms with E-state index in [1.807, 2.05) is 46.8 Å². The van der Waals surface area contributed by atoms with Crippen LogP contribution in [-0.4, -0.2) is 40.3 Å². The summed E-state index contributed by atoms with van der Waals surface area (Å²) >= 11 is 0. The van der Waals surface area contributed by atoms with Crippen LogP contribution in [0.25, 0.3) is 5.69 Å². The van der Waals surface area contributed by atoms with Crippen molar-refractivity contribution in [2.24, 2.45) is 5.92 Å². The molecule has 1 atom stereocenters. The van der Waals surface area contributed by atoms with E-state index in [2.05, 4.69) is 6.92 Å². The summed E-state index contributed by atoms with van der Waals surface area (Å²) in [7, 11) is 0. The zero-order valence-corrected chi connectivity index (χ0v) is 14.2. The van der Waals surface area contributed by atoms with Gasteiger partial charge in [0.05, 0.1) is 30.6 Å². The van der Waals surface area contributed by atoms with E-state index in [4.69, 9.17) is 9.84 Å². The van der Waals surface area contributed by atoms with Gasteiger partial charge < -0.3 is 9.64 Å². The summed E-state index contributed by atoms with van der Waals surface area (Å²) in [5.74, 6) is 0.518. The Kier molecular flexibility index (Phi) is 3.88. The van der Waals surface area contributed by atoms with Crippen LogP contribution in [0.5, 0.6) is 0 Å². The van der Waals surface area contributed by atoms with Gasteiger partial charge in [0.1, 0.15) is 0 Å². The lowest BCUT2D eigenvalue weighted by atomic mass is 10.0. The molecule has 0 unspecified atom stereocenters. The quantitative estimate of drug-likeness (QED) is 0.872. The standard InChI is InChI=1S/C19H23N3O2/c1-13-18(14(2)22(20-13)16-6-4-3-5-7-16)17-12-24-11-10-21(17)19(23)15-8-9-15/h3-7,15,17H,8-12H2,1-2H3/t17-/m0/s1. The molecule has 1 amide bonds. The van der Waals surface area contributed by atoms with Crippen molar-refractivity contribution in [2.75, 3.05) is 19.8 Å². The summed E-state index contributed by atoms with van der Waals surface area (Å²) in [6.07, 6.45) is 2.06. The molecule has 0 spiro atoms. The van der Waals surface area contributed by atoms with Gasteiger partial charge in [0.25, 0.3) is 0 Å². The lowest BCUT2D eigenvalue weighted by molar-refractivity contribution is -0.141. The molecular weight excluding hydrogens is 302 g/mol. The molecule has 2 fully saturated rings. The fourth-order valence-electron chi connectivity index (χ4n) is 3.63. The lowest BCUT2D eigenvalue weighted by Crippen LogP contribution is -2.44. The molecule has 4 rings (SSSR count). The number of ether oxygens (including phenoxy) is 1. The number of nitrogens with zero attached hydrogens (tertiary/aromatic N) is 3. The zero-order valence-electron chi connectivity index (χ0n) is 14.2. The van der Waals surface area contributed by atoms with Crippen LogP contribution in [0.4, 0.5) is 0 Å². The Hall–Kier alpha value is -2.14. The lowest BCUT2D eigenvalue weighted by Gasteiger charge is -2.36. The van der Waals surface area contributed by atoms with E-state index in [9.17, 15) is 4.79 Å². The first-order chi connectivity index (χ1) is 11.7. The van der Waals surface area contributed by atoms with Crippen LogP contribution in [-0.2, 0) is 9.53 Å². The maximum atomic E-state index is 12.7. The van der Waals surface area contributed by atoms with E-state index in [0.717, 1.165) is 35.5 Å². The van der Waals surface area contributed by atoms with Gasteiger partial charge in [-0.15, -0.1) is 0 Å². The zero-order chi connectivity index (χ0) is 16.7. The second-order valence-corrected chi connectivity index (χ2v) is 6.73. The van der Waals surface area contributed by atoms with E-state index in [1.165, 1.54) is 0 Å². The largest absolute Gasteiger partial charge is 0.377 e. The van der Waals surface area contributed by atoms with Crippen molar-refractivity contribution >= 4 is 5.91 Å². The first-order valence-corrected chi connectivity index (χ1v) is 8.66. The van der Waals surface area contributed by atoms with Gasteiger partial charge in [-0.05, 0) is 38.8 Å². The van der Waals surface area contributed by atoms with Crippen LogP contribution in [0.2, 0.25) is 0 Å². The number of amides is 1. The third-order valence-corrected chi connectivity index (χ3v) is 5.02. The minimum Gasteiger partial charge on any atom is -0.377 e. The number of rotatable bonds is 3. The van der Waals surface area contributed by atoms with E-state index in [-0.39, 0.29) is 17.9 Å². The molecule has 2 aromatic rings.